The lowest BCUT2D eigenvalue weighted by atomic mass is 10.1. The van der Waals surface area contributed by atoms with Crippen molar-refractivity contribution in [1.29, 1.82) is 0 Å². The summed E-state index contributed by atoms with van der Waals surface area (Å²) in [6.45, 7) is 2.23. The van der Waals surface area contributed by atoms with Crippen LogP contribution in [0, 0.1) is 0 Å². The number of benzene rings is 1. The minimum Gasteiger partial charge on any atom is -0.490 e. The zero-order valence-electron chi connectivity index (χ0n) is 15.7. The maximum Gasteiger partial charge on any atom is 0.254 e. The second kappa shape index (κ2) is 7.12. The Balaban J connectivity index is 1.33. The van der Waals surface area contributed by atoms with E-state index in [9.17, 15) is 0 Å². The lowest BCUT2D eigenvalue weighted by Gasteiger charge is -2.33. The van der Waals surface area contributed by atoms with E-state index in [1.807, 2.05) is 24.4 Å². The average Bonchev–Trinajstić information content (AvgIpc) is 3.38. The number of nitrogens with zero attached hydrogens (tertiary/aromatic N) is 5. The van der Waals surface area contributed by atoms with Gasteiger partial charge in [-0.2, -0.15) is 14.6 Å². The highest BCUT2D eigenvalue weighted by Gasteiger charge is 2.24. The quantitative estimate of drug-likeness (QED) is 0.575. The average molecular weight is 378 g/mol. The van der Waals surface area contributed by atoms with Crippen molar-refractivity contribution >= 4 is 22.5 Å². The third kappa shape index (κ3) is 3.05. The van der Waals surface area contributed by atoms with Gasteiger partial charge in [0.25, 0.3) is 5.78 Å². The van der Waals surface area contributed by atoms with Gasteiger partial charge in [0.15, 0.2) is 0 Å². The number of fused-ring (bicyclic) bond motifs is 2. The van der Waals surface area contributed by atoms with Gasteiger partial charge in [-0.15, -0.1) is 0 Å². The number of methoxy groups -OCH3 is 1. The number of ether oxygens (including phenoxy) is 2. The van der Waals surface area contributed by atoms with Crippen molar-refractivity contribution in [3.63, 3.8) is 0 Å². The lowest BCUT2D eigenvalue weighted by molar-refractivity contribution is 0.172. The topological polar surface area (TPSA) is 80.6 Å². The summed E-state index contributed by atoms with van der Waals surface area (Å²) in [6, 6.07) is 10.2. The molecule has 1 aliphatic heterocycles. The normalized spacial score (nSPS) is 15.5. The highest BCUT2D eigenvalue weighted by atomic mass is 16.5. The Hall–Kier alpha value is -3.13. The Labute approximate surface area is 162 Å². The van der Waals surface area contributed by atoms with Gasteiger partial charge in [0.1, 0.15) is 24.0 Å². The van der Waals surface area contributed by atoms with Gasteiger partial charge in [-0.1, -0.05) is 6.07 Å². The first kappa shape index (κ1) is 17.0. The molecule has 0 aliphatic carbocycles. The molecule has 0 spiro atoms. The van der Waals surface area contributed by atoms with E-state index in [2.05, 4.69) is 37.1 Å². The van der Waals surface area contributed by atoms with Crippen molar-refractivity contribution < 1.29 is 9.47 Å². The van der Waals surface area contributed by atoms with Crippen molar-refractivity contribution in [3.8, 4) is 5.75 Å². The zero-order chi connectivity index (χ0) is 18.9. The Morgan fingerprint density at radius 2 is 2.11 bits per heavy atom. The molecule has 1 aromatic carbocycles. The second-order valence-corrected chi connectivity index (χ2v) is 7.01. The summed E-state index contributed by atoms with van der Waals surface area (Å²) in [5.74, 6) is 2.55. The van der Waals surface area contributed by atoms with Crippen LogP contribution in [0.3, 0.4) is 0 Å². The molecule has 5 rings (SSSR count). The molecule has 0 saturated carbocycles. The van der Waals surface area contributed by atoms with Gasteiger partial charge >= 0.3 is 0 Å². The molecule has 0 unspecified atom stereocenters. The number of rotatable bonds is 5. The second-order valence-electron chi connectivity index (χ2n) is 7.01. The maximum absolute atomic E-state index is 6.33. The Bertz CT molecular complexity index is 1100. The van der Waals surface area contributed by atoms with Crippen molar-refractivity contribution in [2.75, 3.05) is 25.1 Å². The van der Waals surface area contributed by atoms with Crippen molar-refractivity contribution in [3.05, 3.63) is 48.5 Å². The molecule has 28 heavy (non-hydrogen) atoms. The van der Waals surface area contributed by atoms with Crippen LogP contribution in [0.15, 0.2) is 42.9 Å². The minimum absolute atomic E-state index is 0.197. The molecule has 0 atom stereocenters. The highest BCUT2D eigenvalue weighted by molar-refractivity contribution is 5.85. The first-order valence-electron chi connectivity index (χ1n) is 9.48. The zero-order valence-corrected chi connectivity index (χ0v) is 15.7. The molecule has 4 aromatic rings. The number of H-pyrrole nitrogens is 1. The van der Waals surface area contributed by atoms with E-state index in [4.69, 9.17) is 9.47 Å². The van der Waals surface area contributed by atoms with Crippen LogP contribution in [0.2, 0.25) is 0 Å². The first-order chi connectivity index (χ1) is 13.8. The van der Waals surface area contributed by atoms with Crippen LogP contribution in [-0.4, -0.2) is 50.9 Å². The molecular formula is C20H22N6O2. The van der Waals surface area contributed by atoms with Crippen LogP contribution in [0.4, 0.5) is 5.82 Å². The summed E-state index contributed by atoms with van der Waals surface area (Å²) in [5.41, 5.74) is 1.96. The van der Waals surface area contributed by atoms with Crippen molar-refractivity contribution in [2.45, 2.75) is 25.6 Å². The van der Waals surface area contributed by atoms with E-state index in [0.717, 1.165) is 54.1 Å². The SMILES string of the molecule is COCc1cc(N2CCC(Oc3cccc4[nH]ccc34)CC2)n2ncnc2n1. The summed E-state index contributed by atoms with van der Waals surface area (Å²) in [5, 5.41) is 5.47. The van der Waals surface area contributed by atoms with Crippen LogP contribution in [0.1, 0.15) is 18.5 Å². The number of piperidine rings is 1. The molecule has 1 saturated heterocycles. The van der Waals surface area contributed by atoms with Crippen molar-refractivity contribution in [1.82, 2.24) is 24.6 Å². The number of nitrogens with one attached hydrogen (secondary N) is 1. The van der Waals surface area contributed by atoms with Gasteiger partial charge in [0.2, 0.25) is 0 Å². The summed E-state index contributed by atoms with van der Waals surface area (Å²) in [6.07, 6.45) is 5.57. The molecule has 3 aromatic heterocycles. The van der Waals surface area contributed by atoms with Crippen LogP contribution in [0.5, 0.6) is 5.75 Å². The minimum atomic E-state index is 0.197. The predicted molar refractivity (Wildman–Crippen MR) is 106 cm³/mol. The van der Waals surface area contributed by atoms with E-state index in [0.29, 0.717) is 12.4 Å². The Kier molecular flexibility index (Phi) is 4.32. The van der Waals surface area contributed by atoms with Crippen LogP contribution >= 0.6 is 0 Å². The number of hydrogen-bond acceptors (Lipinski definition) is 6. The molecule has 144 valence electrons. The monoisotopic (exact) mass is 378 g/mol. The number of anilines is 1. The fraction of sp³-hybridized carbons (Fsp3) is 0.350. The van der Waals surface area contributed by atoms with Gasteiger partial charge < -0.3 is 19.4 Å². The molecule has 8 heteroatoms. The van der Waals surface area contributed by atoms with E-state index in [1.165, 1.54) is 6.33 Å². The van der Waals surface area contributed by atoms with Gasteiger partial charge in [0.05, 0.1) is 12.3 Å². The molecule has 8 nitrogen and oxygen atoms in total. The first-order valence-corrected chi connectivity index (χ1v) is 9.48. The molecule has 0 bridgehead atoms. The molecule has 1 aliphatic rings. The maximum atomic E-state index is 6.33. The summed E-state index contributed by atoms with van der Waals surface area (Å²) in [7, 11) is 1.67. The number of hydrogen-bond donors (Lipinski definition) is 1. The number of aromatic amines is 1. The van der Waals surface area contributed by atoms with E-state index >= 15 is 0 Å². The predicted octanol–water partition coefficient (Wildman–Crippen LogP) is 2.80. The van der Waals surface area contributed by atoms with Crippen LogP contribution in [-0.2, 0) is 11.3 Å². The molecule has 1 N–H and O–H groups in total. The molecule has 0 amide bonds. The Morgan fingerprint density at radius 3 is 2.96 bits per heavy atom. The third-order valence-electron chi connectivity index (χ3n) is 5.19. The van der Waals surface area contributed by atoms with Crippen LogP contribution < -0.4 is 9.64 Å². The summed E-state index contributed by atoms with van der Waals surface area (Å²) in [4.78, 5) is 14.3. The molecule has 4 heterocycles. The third-order valence-corrected chi connectivity index (χ3v) is 5.19. The standard InChI is InChI=1S/C20H22N6O2/c1-27-12-14-11-19(26-20(24-14)22-13-23-26)25-9-6-15(7-10-25)28-18-4-2-3-17-16(18)5-8-21-17/h2-5,8,11,13,15,21H,6-7,9-10,12H2,1H3. The molecule has 0 radical (unpaired) electrons. The molecule has 1 fully saturated rings. The van der Waals surface area contributed by atoms with Crippen LogP contribution in [0.25, 0.3) is 16.7 Å². The van der Waals surface area contributed by atoms with E-state index < -0.39 is 0 Å². The largest absolute Gasteiger partial charge is 0.490 e. The molecular weight excluding hydrogens is 356 g/mol. The number of aromatic nitrogens is 5. The fourth-order valence-corrected chi connectivity index (χ4v) is 3.83. The van der Waals surface area contributed by atoms with E-state index in [-0.39, 0.29) is 6.10 Å². The van der Waals surface area contributed by atoms with Gasteiger partial charge in [-0.05, 0) is 18.2 Å². The lowest BCUT2D eigenvalue weighted by Crippen LogP contribution is -2.39. The van der Waals surface area contributed by atoms with Gasteiger partial charge in [-0.3, -0.25) is 0 Å². The van der Waals surface area contributed by atoms with Gasteiger partial charge in [0, 0.05) is 56.2 Å². The van der Waals surface area contributed by atoms with Crippen molar-refractivity contribution in [2.24, 2.45) is 0 Å². The van der Waals surface area contributed by atoms with E-state index in [1.54, 1.807) is 11.6 Å². The Morgan fingerprint density at radius 1 is 1.21 bits per heavy atom. The summed E-state index contributed by atoms with van der Waals surface area (Å²) < 4.78 is 13.4. The van der Waals surface area contributed by atoms with Gasteiger partial charge in [-0.25, -0.2) is 4.98 Å². The smallest absolute Gasteiger partial charge is 0.254 e. The highest BCUT2D eigenvalue weighted by Crippen LogP contribution is 2.28. The fourth-order valence-electron chi connectivity index (χ4n) is 3.83. The summed E-state index contributed by atoms with van der Waals surface area (Å²) >= 11 is 0.